The zero-order valence-electron chi connectivity index (χ0n) is 9.35. The molecule has 2 rings (SSSR count). The largest absolute Gasteiger partial charge is 0.398 e. The van der Waals surface area contributed by atoms with Gasteiger partial charge in [-0.3, -0.25) is 9.48 Å². The van der Waals surface area contributed by atoms with Crippen molar-refractivity contribution in [2.45, 2.75) is 6.42 Å². The number of aryl methyl sites for hydroxylation is 1. The average Bonchev–Trinajstić information content (AvgIpc) is 2.68. The zero-order chi connectivity index (χ0) is 12.4. The number of carbonyl (C=O) groups excluding carboxylic acids is 1. The third-order valence-corrected chi connectivity index (χ3v) is 2.77. The summed E-state index contributed by atoms with van der Waals surface area (Å²) in [7, 11) is 1.81. The Balaban J connectivity index is 2.17. The molecule has 0 saturated carbocycles. The first-order valence-corrected chi connectivity index (χ1v) is 5.50. The highest BCUT2D eigenvalue weighted by Crippen LogP contribution is 2.20. The number of nitrogens with two attached hydrogens (primary N) is 1. The van der Waals surface area contributed by atoms with E-state index in [0.717, 1.165) is 5.56 Å². The highest BCUT2D eigenvalue weighted by molar-refractivity contribution is 6.33. The standard InChI is InChI=1S/C12H12ClN3O/c1-16-7-8(6-15-16)4-12(17)9-2-3-11(14)10(13)5-9/h2-3,5-7H,4,14H2,1H3. The number of halogens is 1. The SMILES string of the molecule is Cn1cc(CC(=O)c2ccc(N)c(Cl)c2)cn1. The van der Waals surface area contributed by atoms with E-state index < -0.39 is 0 Å². The molecule has 2 N–H and O–H groups in total. The summed E-state index contributed by atoms with van der Waals surface area (Å²) < 4.78 is 1.67. The van der Waals surface area contributed by atoms with E-state index in [4.69, 9.17) is 17.3 Å². The van der Waals surface area contributed by atoms with Crippen molar-refractivity contribution in [2.75, 3.05) is 5.73 Å². The molecule has 0 radical (unpaired) electrons. The van der Waals surface area contributed by atoms with Crippen LogP contribution in [0.3, 0.4) is 0 Å². The minimum absolute atomic E-state index is 0.0000926. The fourth-order valence-corrected chi connectivity index (χ4v) is 1.73. The maximum atomic E-state index is 12.0. The van der Waals surface area contributed by atoms with Crippen LogP contribution in [0, 0.1) is 0 Å². The quantitative estimate of drug-likeness (QED) is 0.669. The van der Waals surface area contributed by atoms with E-state index in [1.807, 2.05) is 13.2 Å². The zero-order valence-corrected chi connectivity index (χ0v) is 10.1. The van der Waals surface area contributed by atoms with Crippen LogP contribution in [0.5, 0.6) is 0 Å². The van der Waals surface area contributed by atoms with Gasteiger partial charge in [-0.05, 0) is 23.8 Å². The van der Waals surface area contributed by atoms with Gasteiger partial charge < -0.3 is 5.73 Å². The van der Waals surface area contributed by atoms with Gasteiger partial charge in [0.05, 0.1) is 16.9 Å². The summed E-state index contributed by atoms with van der Waals surface area (Å²) in [4.78, 5) is 12.0. The number of rotatable bonds is 3. The lowest BCUT2D eigenvalue weighted by Crippen LogP contribution is -2.03. The summed E-state index contributed by atoms with van der Waals surface area (Å²) in [6, 6.07) is 4.91. The lowest BCUT2D eigenvalue weighted by atomic mass is 10.1. The number of Topliss-reactive ketones (excluding diaryl/α,β-unsaturated/α-hetero) is 1. The maximum absolute atomic E-state index is 12.0. The molecule has 17 heavy (non-hydrogen) atoms. The molecule has 1 heterocycles. The number of carbonyl (C=O) groups is 1. The number of benzene rings is 1. The van der Waals surface area contributed by atoms with Crippen LogP contribution in [-0.4, -0.2) is 15.6 Å². The first kappa shape index (κ1) is 11.7. The summed E-state index contributed by atoms with van der Waals surface area (Å²) in [5.41, 5.74) is 7.51. The molecule has 1 aromatic heterocycles. The van der Waals surface area contributed by atoms with Crippen molar-refractivity contribution in [2.24, 2.45) is 7.05 Å². The molecule has 0 aliphatic carbocycles. The van der Waals surface area contributed by atoms with E-state index >= 15 is 0 Å². The summed E-state index contributed by atoms with van der Waals surface area (Å²) in [5, 5.41) is 4.42. The molecule has 0 saturated heterocycles. The summed E-state index contributed by atoms with van der Waals surface area (Å²) >= 11 is 5.87. The van der Waals surface area contributed by atoms with Crippen LogP contribution in [0.4, 0.5) is 5.69 Å². The van der Waals surface area contributed by atoms with Crippen LogP contribution in [0.25, 0.3) is 0 Å². The summed E-state index contributed by atoms with van der Waals surface area (Å²) in [6.07, 6.45) is 3.81. The number of hydrogen-bond acceptors (Lipinski definition) is 3. The summed E-state index contributed by atoms with van der Waals surface area (Å²) in [5.74, 6) is -0.0000926. The molecule has 0 fully saturated rings. The molecule has 0 bridgehead atoms. The Morgan fingerprint density at radius 3 is 2.88 bits per heavy atom. The van der Waals surface area contributed by atoms with Crippen molar-refractivity contribution in [1.82, 2.24) is 9.78 Å². The molecule has 0 spiro atoms. The number of nitrogens with zero attached hydrogens (tertiary/aromatic N) is 2. The van der Waals surface area contributed by atoms with Gasteiger partial charge >= 0.3 is 0 Å². The first-order valence-electron chi connectivity index (χ1n) is 5.12. The molecule has 88 valence electrons. The van der Waals surface area contributed by atoms with Gasteiger partial charge in [-0.2, -0.15) is 5.10 Å². The van der Waals surface area contributed by atoms with Crippen molar-refractivity contribution in [1.29, 1.82) is 0 Å². The third kappa shape index (κ3) is 2.65. The highest BCUT2D eigenvalue weighted by atomic mass is 35.5. The Kier molecular flexibility index (Phi) is 3.15. The molecular weight excluding hydrogens is 238 g/mol. The fourth-order valence-electron chi connectivity index (χ4n) is 1.55. The Bertz CT molecular complexity index is 563. The Labute approximate surface area is 104 Å². The first-order chi connectivity index (χ1) is 8.06. The monoisotopic (exact) mass is 249 g/mol. The van der Waals surface area contributed by atoms with Crippen molar-refractivity contribution in [3.63, 3.8) is 0 Å². The van der Waals surface area contributed by atoms with E-state index in [2.05, 4.69) is 5.10 Å². The van der Waals surface area contributed by atoms with Crippen LogP contribution >= 0.6 is 11.6 Å². The normalized spacial score (nSPS) is 10.5. The predicted octanol–water partition coefficient (Wildman–Crippen LogP) is 2.08. The number of nitrogen functional groups attached to an aromatic ring is 1. The smallest absolute Gasteiger partial charge is 0.167 e. The molecule has 5 heteroatoms. The second-order valence-electron chi connectivity index (χ2n) is 3.86. The number of aromatic nitrogens is 2. The van der Waals surface area contributed by atoms with Crippen LogP contribution in [0.2, 0.25) is 5.02 Å². The van der Waals surface area contributed by atoms with E-state index in [-0.39, 0.29) is 5.78 Å². The second-order valence-corrected chi connectivity index (χ2v) is 4.27. The van der Waals surface area contributed by atoms with Crippen LogP contribution in [-0.2, 0) is 13.5 Å². The van der Waals surface area contributed by atoms with Crippen molar-refractivity contribution in [3.05, 3.63) is 46.7 Å². The van der Waals surface area contributed by atoms with E-state index in [1.54, 1.807) is 29.1 Å². The van der Waals surface area contributed by atoms with Gasteiger partial charge in [0.15, 0.2) is 5.78 Å². The number of ketones is 1. The lowest BCUT2D eigenvalue weighted by Gasteiger charge is -2.02. The topological polar surface area (TPSA) is 60.9 Å². The molecule has 0 aliphatic heterocycles. The van der Waals surface area contributed by atoms with E-state index in [9.17, 15) is 4.79 Å². The molecule has 1 aromatic carbocycles. The Morgan fingerprint density at radius 1 is 1.53 bits per heavy atom. The molecule has 0 unspecified atom stereocenters. The van der Waals surface area contributed by atoms with Gasteiger partial charge in [0.2, 0.25) is 0 Å². The van der Waals surface area contributed by atoms with Gasteiger partial charge in [-0.1, -0.05) is 11.6 Å². The van der Waals surface area contributed by atoms with Gasteiger partial charge in [-0.25, -0.2) is 0 Å². The van der Waals surface area contributed by atoms with Crippen LogP contribution in [0.15, 0.2) is 30.6 Å². The molecule has 4 nitrogen and oxygen atoms in total. The number of hydrogen-bond donors (Lipinski definition) is 1. The van der Waals surface area contributed by atoms with Crippen LogP contribution in [0.1, 0.15) is 15.9 Å². The molecular formula is C12H12ClN3O. The fraction of sp³-hybridized carbons (Fsp3) is 0.167. The molecule has 0 aliphatic rings. The Hall–Kier alpha value is -1.81. The van der Waals surface area contributed by atoms with Crippen molar-refractivity contribution in [3.8, 4) is 0 Å². The predicted molar refractivity (Wildman–Crippen MR) is 67.1 cm³/mol. The van der Waals surface area contributed by atoms with Gasteiger partial charge in [0.25, 0.3) is 0 Å². The van der Waals surface area contributed by atoms with Crippen molar-refractivity contribution >= 4 is 23.1 Å². The lowest BCUT2D eigenvalue weighted by molar-refractivity contribution is 0.0993. The van der Waals surface area contributed by atoms with E-state index in [0.29, 0.717) is 22.7 Å². The summed E-state index contributed by atoms with van der Waals surface area (Å²) in [6.45, 7) is 0. The second kappa shape index (κ2) is 4.59. The molecule has 2 aromatic rings. The number of anilines is 1. The van der Waals surface area contributed by atoms with Crippen molar-refractivity contribution < 1.29 is 4.79 Å². The molecule has 0 amide bonds. The van der Waals surface area contributed by atoms with Gasteiger partial charge in [0.1, 0.15) is 0 Å². The average molecular weight is 250 g/mol. The van der Waals surface area contributed by atoms with Crippen LogP contribution < -0.4 is 5.73 Å². The minimum Gasteiger partial charge on any atom is -0.398 e. The third-order valence-electron chi connectivity index (χ3n) is 2.45. The minimum atomic E-state index is -0.0000926. The highest BCUT2D eigenvalue weighted by Gasteiger charge is 2.09. The van der Waals surface area contributed by atoms with Gasteiger partial charge in [-0.15, -0.1) is 0 Å². The molecule has 0 atom stereocenters. The van der Waals surface area contributed by atoms with E-state index in [1.165, 1.54) is 0 Å². The maximum Gasteiger partial charge on any atom is 0.167 e. The van der Waals surface area contributed by atoms with Gasteiger partial charge in [0, 0.05) is 25.2 Å². The Morgan fingerprint density at radius 2 is 2.29 bits per heavy atom.